The van der Waals surface area contributed by atoms with Crippen LogP contribution >= 0.6 is 11.6 Å². The first kappa shape index (κ1) is 15.9. The van der Waals surface area contributed by atoms with Crippen LogP contribution < -0.4 is 10.1 Å². The highest BCUT2D eigenvalue weighted by atomic mass is 35.5. The monoisotopic (exact) mass is 329 g/mol. The summed E-state index contributed by atoms with van der Waals surface area (Å²) in [5.74, 6) is 0.578. The smallest absolute Gasteiger partial charge is 0.265 e. The molecule has 0 spiro atoms. The number of amides is 1. The van der Waals surface area contributed by atoms with Gasteiger partial charge in [-0.1, -0.05) is 17.7 Å². The summed E-state index contributed by atoms with van der Waals surface area (Å²) in [4.78, 5) is 12.2. The Bertz CT molecular complexity index is 697. The zero-order valence-corrected chi connectivity index (χ0v) is 13.9. The van der Waals surface area contributed by atoms with Crippen LogP contribution in [0, 0.1) is 0 Å². The fourth-order valence-corrected chi connectivity index (χ4v) is 2.94. The normalized spacial score (nSPS) is 14.7. The summed E-state index contributed by atoms with van der Waals surface area (Å²) in [7, 11) is 0. The molecule has 0 heterocycles. The molecule has 2 aromatic rings. The first-order chi connectivity index (χ1) is 11.1. The van der Waals surface area contributed by atoms with E-state index in [0.29, 0.717) is 10.7 Å². The Hall–Kier alpha value is -2.00. The Morgan fingerprint density at radius 1 is 1.09 bits per heavy atom. The molecular formula is C19H20ClNO2. The van der Waals surface area contributed by atoms with E-state index in [1.165, 1.54) is 24.0 Å². The minimum atomic E-state index is -0.563. The summed E-state index contributed by atoms with van der Waals surface area (Å²) in [5.41, 5.74) is 3.46. The molecule has 120 valence electrons. The van der Waals surface area contributed by atoms with Crippen LogP contribution in [0.3, 0.4) is 0 Å². The molecule has 3 nitrogen and oxygen atoms in total. The minimum absolute atomic E-state index is 0.176. The van der Waals surface area contributed by atoms with Crippen LogP contribution in [0.1, 0.15) is 30.9 Å². The standard InChI is InChI=1S/C19H20ClNO2/c1-13(19(22)21-17-9-7-16(20)8-10-17)23-18-11-6-14-4-2-3-5-15(14)12-18/h6-13H,2-5H2,1H3,(H,21,22). The van der Waals surface area contributed by atoms with E-state index in [4.69, 9.17) is 16.3 Å². The quantitative estimate of drug-likeness (QED) is 0.888. The lowest BCUT2D eigenvalue weighted by molar-refractivity contribution is -0.122. The molecule has 1 amide bonds. The Morgan fingerprint density at radius 3 is 2.52 bits per heavy atom. The van der Waals surface area contributed by atoms with Gasteiger partial charge in [0, 0.05) is 10.7 Å². The molecule has 23 heavy (non-hydrogen) atoms. The Morgan fingerprint density at radius 2 is 1.78 bits per heavy atom. The summed E-state index contributed by atoms with van der Waals surface area (Å²) in [6, 6.07) is 13.2. The molecular weight excluding hydrogens is 310 g/mol. The highest BCUT2D eigenvalue weighted by Gasteiger charge is 2.16. The second kappa shape index (κ2) is 7.05. The van der Waals surface area contributed by atoms with Gasteiger partial charge in [0.25, 0.3) is 5.91 Å². The minimum Gasteiger partial charge on any atom is -0.481 e. The number of fused-ring (bicyclic) bond motifs is 1. The van der Waals surface area contributed by atoms with Crippen molar-refractivity contribution in [2.45, 2.75) is 38.7 Å². The van der Waals surface area contributed by atoms with E-state index >= 15 is 0 Å². The maximum atomic E-state index is 12.2. The molecule has 1 aliphatic carbocycles. The molecule has 0 aliphatic heterocycles. The van der Waals surface area contributed by atoms with Gasteiger partial charge in [-0.15, -0.1) is 0 Å². The van der Waals surface area contributed by atoms with Crippen LogP contribution in [-0.2, 0) is 17.6 Å². The predicted octanol–water partition coefficient (Wildman–Crippen LogP) is 4.62. The molecule has 0 saturated heterocycles. The van der Waals surface area contributed by atoms with Gasteiger partial charge in [-0.05, 0) is 80.1 Å². The Kier molecular flexibility index (Phi) is 4.87. The van der Waals surface area contributed by atoms with Crippen molar-refractivity contribution in [2.75, 3.05) is 5.32 Å². The summed E-state index contributed by atoms with van der Waals surface area (Å²) >= 11 is 5.84. The van der Waals surface area contributed by atoms with Crippen molar-refractivity contribution in [3.8, 4) is 5.75 Å². The van der Waals surface area contributed by atoms with Crippen LogP contribution in [0.4, 0.5) is 5.69 Å². The first-order valence-electron chi connectivity index (χ1n) is 7.97. The number of aryl methyl sites for hydroxylation is 2. The number of hydrogen-bond donors (Lipinski definition) is 1. The lowest BCUT2D eigenvalue weighted by Gasteiger charge is -2.19. The highest BCUT2D eigenvalue weighted by Crippen LogP contribution is 2.26. The number of benzene rings is 2. The van der Waals surface area contributed by atoms with Gasteiger partial charge in [0.05, 0.1) is 0 Å². The average Bonchev–Trinajstić information content (AvgIpc) is 2.56. The van der Waals surface area contributed by atoms with Crippen molar-refractivity contribution in [1.82, 2.24) is 0 Å². The largest absolute Gasteiger partial charge is 0.481 e. The number of carbonyl (C=O) groups excluding carboxylic acids is 1. The molecule has 3 rings (SSSR count). The summed E-state index contributed by atoms with van der Waals surface area (Å²) in [6.07, 6.45) is 4.16. The molecule has 4 heteroatoms. The molecule has 1 atom stereocenters. The van der Waals surface area contributed by atoms with E-state index in [9.17, 15) is 4.79 Å². The Balaban J connectivity index is 1.62. The third kappa shape index (κ3) is 4.05. The van der Waals surface area contributed by atoms with Gasteiger partial charge in [-0.3, -0.25) is 4.79 Å². The zero-order valence-electron chi connectivity index (χ0n) is 13.1. The summed E-state index contributed by atoms with van der Waals surface area (Å²) in [5, 5.41) is 3.47. The SMILES string of the molecule is CC(Oc1ccc2c(c1)CCCC2)C(=O)Nc1ccc(Cl)cc1. The topological polar surface area (TPSA) is 38.3 Å². The molecule has 0 aromatic heterocycles. The third-order valence-corrected chi connectivity index (χ3v) is 4.37. The van der Waals surface area contributed by atoms with Crippen LogP contribution in [0.15, 0.2) is 42.5 Å². The van der Waals surface area contributed by atoms with Crippen molar-refractivity contribution < 1.29 is 9.53 Å². The van der Waals surface area contributed by atoms with Crippen LogP contribution in [0.2, 0.25) is 5.02 Å². The molecule has 1 N–H and O–H groups in total. The van der Waals surface area contributed by atoms with Gasteiger partial charge in [-0.25, -0.2) is 0 Å². The van der Waals surface area contributed by atoms with E-state index in [1.807, 2.05) is 6.07 Å². The summed E-state index contributed by atoms with van der Waals surface area (Å²) in [6.45, 7) is 1.75. The number of carbonyl (C=O) groups is 1. The van der Waals surface area contributed by atoms with E-state index in [1.54, 1.807) is 31.2 Å². The van der Waals surface area contributed by atoms with Gasteiger partial charge < -0.3 is 10.1 Å². The van der Waals surface area contributed by atoms with Gasteiger partial charge in [-0.2, -0.15) is 0 Å². The van der Waals surface area contributed by atoms with Crippen LogP contribution in [-0.4, -0.2) is 12.0 Å². The van der Waals surface area contributed by atoms with Gasteiger partial charge in [0.1, 0.15) is 5.75 Å². The van der Waals surface area contributed by atoms with Crippen molar-refractivity contribution in [2.24, 2.45) is 0 Å². The number of hydrogen-bond acceptors (Lipinski definition) is 2. The maximum absolute atomic E-state index is 12.2. The van der Waals surface area contributed by atoms with Crippen molar-refractivity contribution >= 4 is 23.2 Å². The van der Waals surface area contributed by atoms with Crippen molar-refractivity contribution in [3.05, 3.63) is 58.6 Å². The molecule has 0 fully saturated rings. The van der Waals surface area contributed by atoms with E-state index in [2.05, 4.69) is 17.4 Å². The van der Waals surface area contributed by atoms with Gasteiger partial charge in [0.15, 0.2) is 6.10 Å². The fourth-order valence-electron chi connectivity index (χ4n) is 2.82. The van der Waals surface area contributed by atoms with E-state index < -0.39 is 6.10 Å². The second-order valence-electron chi connectivity index (χ2n) is 5.89. The second-order valence-corrected chi connectivity index (χ2v) is 6.33. The number of nitrogens with one attached hydrogen (secondary N) is 1. The zero-order chi connectivity index (χ0) is 16.2. The Labute approximate surface area is 141 Å². The van der Waals surface area contributed by atoms with E-state index in [-0.39, 0.29) is 5.91 Å². The highest BCUT2D eigenvalue weighted by molar-refractivity contribution is 6.30. The van der Waals surface area contributed by atoms with Crippen molar-refractivity contribution in [3.63, 3.8) is 0 Å². The molecule has 2 aromatic carbocycles. The fraction of sp³-hybridized carbons (Fsp3) is 0.316. The average molecular weight is 330 g/mol. The lowest BCUT2D eigenvalue weighted by Crippen LogP contribution is -2.30. The van der Waals surface area contributed by atoms with Gasteiger partial charge >= 0.3 is 0 Å². The molecule has 1 unspecified atom stereocenters. The molecule has 0 bridgehead atoms. The number of rotatable bonds is 4. The third-order valence-electron chi connectivity index (χ3n) is 4.11. The van der Waals surface area contributed by atoms with Crippen molar-refractivity contribution in [1.29, 1.82) is 0 Å². The van der Waals surface area contributed by atoms with Gasteiger partial charge in [0.2, 0.25) is 0 Å². The number of anilines is 1. The number of ether oxygens (including phenoxy) is 1. The van der Waals surface area contributed by atoms with E-state index in [0.717, 1.165) is 18.6 Å². The molecule has 0 saturated carbocycles. The summed E-state index contributed by atoms with van der Waals surface area (Å²) < 4.78 is 5.80. The maximum Gasteiger partial charge on any atom is 0.265 e. The first-order valence-corrected chi connectivity index (χ1v) is 8.34. The van der Waals surface area contributed by atoms with Crippen LogP contribution in [0.5, 0.6) is 5.75 Å². The number of halogens is 1. The van der Waals surface area contributed by atoms with Crippen LogP contribution in [0.25, 0.3) is 0 Å². The molecule has 1 aliphatic rings. The lowest BCUT2D eigenvalue weighted by atomic mass is 9.92. The molecule has 0 radical (unpaired) electrons. The predicted molar refractivity (Wildman–Crippen MR) is 93.3 cm³/mol.